The van der Waals surface area contributed by atoms with Crippen LogP contribution in [0.3, 0.4) is 0 Å². The maximum absolute atomic E-state index is 6.20. The molecule has 1 fully saturated rings. The van der Waals surface area contributed by atoms with Crippen molar-refractivity contribution in [1.29, 1.82) is 0 Å². The van der Waals surface area contributed by atoms with Crippen molar-refractivity contribution in [3.63, 3.8) is 0 Å². The molecule has 0 aromatic heterocycles. The first-order chi connectivity index (χ1) is 8.25. The first-order valence-corrected chi connectivity index (χ1v) is 6.13. The highest BCUT2D eigenvalue weighted by Crippen LogP contribution is 2.41. The van der Waals surface area contributed by atoms with Crippen molar-refractivity contribution in [3.05, 3.63) is 22.7 Å². The molecule has 5 heteroatoms. The van der Waals surface area contributed by atoms with E-state index in [1.165, 1.54) is 5.56 Å². The highest BCUT2D eigenvalue weighted by atomic mass is 35.5. The molecule has 1 N–H and O–H groups in total. The van der Waals surface area contributed by atoms with Gasteiger partial charge in [0.15, 0.2) is 11.5 Å². The Bertz CT molecular complexity index is 439. The van der Waals surface area contributed by atoms with Gasteiger partial charge in [-0.05, 0) is 24.7 Å². The lowest BCUT2D eigenvalue weighted by Gasteiger charge is -2.33. The SMILES string of the molecule is CN1CCNCC1c1cc(Cl)c2c(c1)OCO2. The first kappa shape index (κ1) is 11.1. The van der Waals surface area contributed by atoms with E-state index in [-0.39, 0.29) is 6.79 Å². The summed E-state index contributed by atoms with van der Waals surface area (Å²) < 4.78 is 10.7. The molecule has 2 heterocycles. The van der Waals surface area contributed by atoms with Crippen LogP contribution in [0.5, 0.6) is 11.5 Å². The van der Waals surface area contributed by atoms with Crippen LogP contribution in [0.25, 0.3) is 0 Å². The van der Waals surface area contributed by atoms with Crippen molar-refractivity contribution < 1.29 is 9.47 Å². The number of hydrogen-bond acceptors (Lipinski definition) is 4. The van der Waals surface area contributed by atoms with Crippen LogP contribution in [-0.2, 0) is 0 Å². The fourth-order valence-electron chi connectivity index (χ4n) is 2.36. The zero-order valence-electron chi connectivity index (χ0n) is 9.70. The molecule has 1 aromatic rings. The standard InChI is InChI=1S/C12H15ClN2O2/c1-15-3-2-14-6-10(15)8-4-9(13)12-11(5-8)16-7-17-12/h4-5,10,14H,2-3,6-7H2,1H3. The van der Waals surface area contributed by atoms with Crippen molar-refractivity contribution in [1.82, 2.24) is 10.2 Å². The topological polar surface area (TPSA) is 33.7 Å². The van der Waals surface area contributed by atoms with Gasteiger partial charge in [0.1, 0.15) is 0 Å². The number of nitrogens with zero attached hydrogens (tertiary/aromatic N) is 1. The van der Waals surface area contributed by atoms with Crippen LogP contribution < -0.4 is 14.8 Å². The summed E-state index contributed by atoms with van der Waals surface area (Å²) in [6.45, 7) is 3.27. The van der Waals surface area contributed by atoms with Crippen LogP contribution >= 0.6 is 11.6 Å². The fourth-order valence-corrected chi connectivity index (χ4v) is 2.63. The van der Waals surface area contributed by atoms with E-state index in [0.29, 0.717) is 16.8 Å². The number of nitrogens with one attached hydrogen (secondary N) is 1. The van der Waals surface area contributed by atoms with Gasteiger partial charge in [-0.15, -0.1) is 0 Å². The monoisotopic (exact) mass is 254 g/mol. The molecule has 1 unspecified atom stereocenters. The van der Waals surface area contributed by atoms with E-state index in [4.69, 9.17) is 21.1 Å². The Hall–Kier alpha value is -0.970. The van der Waals surface area contributed by atoms with Crippen LogP contribution in [0.2, 0.25) is 5.02 Å². The highest BCUT2D eigenvalue weighted by Gasteiger charge is 2.25. The summed E-state index contributed by atoms with van der Waals surface area (Å²) in [5, 5.41) is 4.03. The van der Waals surface area contributed by atoms with Gasteiger partial charge in [-0.3, -0.25) is 4.90 Å². The molecule has 0 spiro atoms. The zero-order chi connectivity index (χ0) is 11.8. The summed E-state index contributed by atoms with van der Waals surface area (Å²) in [6, 6.07) is 4.35. The summed E-state index contributed by atoms with van der Waals surface area (Å²) in [4.78, 5) is 2.32. The van der Waals surface area contributed by atoms with E-state index < -0.39 is 0 Å². The van der Waals surface area contributed by atoms with Crippen molar-refractivity contribution in [2.75, 3.05) is 33.5 Å². The van der Waals surface area contributed by atoms with E-state index >= 15 is 0 Å². The third-order valence-corrected chi connectivity index (χ3v) is 3.63. The van der Waals surface area contributed by atoms with Crippen molar-refractivity contribution in [2.24, 2.45) is 0 Å². The summed E-state index contributed by atoms with van der Waals surface area (Å²) >= 11 is 6.20. The largest absolute Gasteiger partial charge is 0.454 e. The number of rotatable bonds is 1. The lowest BCUT2D eigenvalue weighted by atomic mass is 10.0. The average molecular weight is 255 g/mol. The second kappa shape index (κ2) is 4.37. The smallest absolute Gasteiger partial charge is 0.231 e. The van der Waals surface area contributed by atoms with E-state index in [2.05, 4.69) is 17.3 Å². The normalized spacial score (nSPS) is 24.0. The van der Waals surface area contributed by atoms with Gasteiger partial charge in [0.25, 0.3) is 0 Å². The Morgan fingerprint density at radius 1 is 1.41 bits per heavy atom. The minimum Gasteiger partial charge on any atom is -0.454 e. The molecule has 0 saturated carbocycles. The molecule has 4 nitrogen and oxygen atoms in total. The molecule has 0 amide bonds. The Morgan fingerprint density at radius 3 is 3.12 bits per heavy atom. The number of halogens is 1. The van der Waals surface area contributed by atoms with Crippen LogP contribution in [0.15, 0.2) is 12.1 Å². The molecule has 0 aliphatic carbocycles. The summed E-state index contributed by atoms with van der Waals surface area (Å²) in [5.74, 6) is 1.42. The van der Waals surface area contributed by atoms with Crippen molar-refractivity contribution in [3.8, 4) is 11.5 Å². The quantitative estimate of drug-likeness (QED) is 0.826. The van der Waals surface area contributed by atoms with Crippen molar-refractivity contribution >= 4 is 11.6 Å². The number of ether oxygens (including phenoxy) is 2. The molecule has 2 aliphatic rings. The maximum atomic E-state index is 6.20. The third-order valence-electron chi connectivity index (χ3n) is 3.35. The van der Waals surface area contributed by atoms with E-state index in [9.17, 15) is 0 Å². The van der Waals surface area contributed by atoms with E-state index in [1.807, 2.05) is 12.1 Å². The van der Waals surface area contributed by atoms with Gasteiger partial charge in [-0.1, -0.05) is 11.6 Å². The molecule has 17 heavy (non-hydrogen) atoms. The predicted molar refractivity (Wildman–Crippen MR) is 65.8 cm³/mol. The second-order valence-electron chi connectivity index (χ2n) is 4.44. The highest BCUT2D eigenvalue weighted by molar-refractivity contribution is 6.32. The van der Waals surface area contributed by atoms with Crippen LogP contribution in [0.4, 0.5) is 0 Å². The first-order valence-electron chi connectivity index (χ1n) is 5.75. The van der Waals surface area contributed by atoms with E-state index in [0.717, 1.165) is 25.4 Å². The minimum atomic E-state index is 0.261. The third kappa shape index (κ3) is 1.97. The molecule has 92 valence electrons. The Kier molecular flexibility index (Phi) is 2.86. The zero-order valence-corrected chi connectivity index (χ0v) is 10.5. The Morgan fingerprint density at radius 2 is 2.29 bits per heavy atom. The van der Waals surface area contributed by atoms with Gasteiger partial charge in [0.05, 0.1) is 5.02 Å². The number of hydrogen-bond donors (Lipinski definition) is 1. The van der Waals surface area contributed by atoms with Gasteiger partial charge in [0.2, 0.25) is 6.79 Å². The Balaban J connectivity index is 1.95. The number of likely N-dealkylation sites (N-methyl/N-ethyl adjacent to an activating group) is 1. The lowest BCUT2D eigenvalue weighted by Crippen LogP contribution is -2.43. The summed E-state index contributed by atoms with van der Waals surface area (Å²) in [7, 11) is 2.13. The van der Waals surface area contributed by atoms with E-state index in [1.54, 1.807) is 0 Å². The van der Waals surface area contributed by atoms with Crippen LogP contribution in [-0.4, -0.2) is 38.4 Å². The molecular weight excluding hydrogens is 240 g/mol. The number of benzene rings is 1. The number of fused-ring (bicyclic) bond motifs is 1. The van der Waals surface area contributed by atoms with Gasteiger partial charge in [0, 0.05) is 25.7 Å². The molecule has 2 aliphatic heterocycles. The second-order valence-corrected chi connectivity index (χ2v) is 4.84. The molecule has 1 atom stereocenters. The summed E-state index contributed by atoms with van der Waals surface area (Å²) in [5.41, 5.74) is 1.17. The van der Waals surface area contributed by atoms with Gasteiger partial charge in [-0.25, -0.2) is 0 Å². The number of piperazine rings is 1. The molecule has 1 aromatic carbocycles. The predicted octanol–water partition coefficient (Wildman–Crippen LogP) is 1.64. The van der Waals surface area contributed by atoms with Gasteiger partial charge in [-0.2, -0.15) is 0 Å². The van der Waals surface area contributed by atoms with Crippen LogP contribution in [0.1, 0.15) is 11.6 Å². The molecule has 3 rings (SSSR count). The minimum absolute atomic E-state index is 0.261. The Labute approximate surface area is 105 Å². The van der Waals surface area contributed by atoms with Gasteiger partial charge >= 0.3 is 0 Å². The van der Waals surface area contributed by atoms with Crippen molar-refractivity contribution in [2.45, 2.75) is 6.04 Å². The average Bonchev–Trinajstić information content (AvgIpc) is 2.78. The molecule has 0 bridgehead atoms. The van der Waals surface area contributed by atoms with Crippen LogP contribution in [0, 0.1) is 0 Å². The lowest BCUT2D eigenvalue weighted by molar-refractivity contribution is 0.173. The maximum Gasteiger partial charge on any atom is 0.231 e. The molecule has 1 saturated heterocycles. The fraction of sp³-hybridized carbons (Fsp3) is 0.500. The van der Waals surface area contributed by atoms with Gasteiger partial charge < -0.3 is 14.8 Å². The molecule has 0 radical (unpaired) electrons. The molecular formula is C12H15ClN2O2. The summed E-state index contributed by atoms with van der Waals surface area (Å²) in [6.07, 6.45) is 0.